The van der Waals surface area contributed by atoms with Crippen LogP contribution in [0.3, 0.4) is 0 Å². The highest BCUT2D eigenvalue weighted by Gasteiger charge is 2.12. The lowest BCUT2D eigenvalue weighted by molar-refractivity contribution is 0.203. The van der Waals surface area contributed by atoms with E-state index in [1.165, 1.54) is 5.56 Å². The van der Waals surface area contributed by atoms with E-state index in [0.29, 0.717) is 12.6 Å². The van der Waals surface area contributed by atoms with Gasteiger partial charge in [0.05, 0.1) is 13.2 Å². The molecule has 0 bridgehead atoms. The average molecular weight is 306 g/mol. The lowest BCUT2D eigenvalue weighted by atomic mass is 10.1. The molecule has 0 fully saturated rings. The molecular weight excluding hydrogens is 276 g/mol. The van der Waals surface area contributed by atoms with Crippen LogP contribution >= 0.6 is 0 Å². The van der Waals surface area contributed by atoms with Crippen LogP contribution in [-0.4, -0.2) is 64.3 Å². The Hall–Kier alpha value is -1.59. The fourth-order valence-electron chi connectivity index (χ4n) is 2.11. The lowest BCUT2D eigenvalue weighted by Gasteiger charge is -2.23. The molecule has 1 unspecified atom stereocenters. The number of ether oxygens (including phenoxy) is 1. The summed E-state index contributed by atoms with van der Waals surface area (Å²) in [5.74, 6) is 0.847. The Morgan fingerprint density at radius 1 is 1.23 bits per heavy atom. The molecule has 0 saturated heterocycles. The van der Waals surface area contributed by atoms with Gasteiger partial charge < -0.3 is 20.3 Å². The molecule has 0 spiro atoms. The Kier molecular flexibility index (Phi) is 9.26. The van der Waals surface area contributed by atoms with Crippen molar-refractivity contribution >= 4 is 5.96 Å². The zero-order chi connectivity index (χ0) is 16.2. The molecule has 0 heterocycles. The van der Waals surface area contributed by atoms with E-state index in [1.54, 1.807) is 7.11 Å². The number of methoxy groups -OCH3 is 1. The predicted molar refractivity (Wildman–Crippen MR) is 93.5 cm³/mol. The molecule has 1 aromatic rings. The van der Waals surface area contributed by atoms with Gasteiger partial charge in [-0.05, 0) is 33.0 Å². The van der Waals surface area contributed by atoms with Crippen LogP contribution in [0.1, 0.15) is 12.5 Å². The smallest absolute Gasteiger partial charge is 0.191 e. The van der Waals surface area contributed by atoms with Crippen LogP contribution in [0.5, 0.6) is 0 Å². The van der Waals surface area contributed by atoms with Crippen molar-refractivity contribution in [2.75, 3.05) is 47.4 Å². The number of likely N-dealkylation sites (N-methyl/N-ethyl adjacent to an activating group) is 1. The zero-order valence-corrected chi connectivity index (χ0v) is 14.3. The number of nitrogens with one attached hydrogen (secondary N) is 2. The van der Waals surface area contributed by atoms with Gasteiger partial charge in [0.2, 0.25) is 0 Å². The van der Waals surface area contributed by atoms with Crippen molar-refractivity contribution in [1.29, 1.82) is 0 Å². The summed E-state index contributed by atoms with van der Waals surface area (Å²) in [5, 5.41) is 6.54. The molecule has 0 aliphatic heterocycles. The molecule has 1 atom stereocenters. The summed E-state index contributed by atoms with van der Waals surface area (Å²) in [7, 11) is 5.91. The third kappa shape index (κ3) is 7.43. The van der Waals surface area contributed by atoms with Crippen molar-refractivity contribution in [3.8, 4) is 0 Å². The van der Waals surface area contributed by atoms with Gasteiger partial charge in [0.15, 0.2) is 5.96 Å². The number of benzene rings is 1. The molecular formula is C17H30N4O. The third-order valence-corrected chi connectivity index (χ3v) is 3.45. The molecule has 124 valence electrons. The van der Waals surface area contributed by atoms with Crippen LogP contribution < -0.4 is 10.6 Å². The molecule has 0 aliphatic carbocycles. The van der Waals surface area contributed by atoms with E-state index in [9.17, 15) is 0 Å². The van der Waals surface area contributed by atoms with Crippen molar-refractivity contribution in [3.63, 3.8) is 0 Å². The van der Waals surface area contributed by atoms with Crippen molar-refractivity contribution in [3.05, 3.63) is 35.9 Å². The Morgan fingerprint density at radius 3 is 2.55 bits per heavy atom. The first-order chi connectivity index (χ1) is 10.7. The van der Waals surface area contributed by atoms with E-state index in [4.69, 9.17) is 9.73 Å². The Morgan fingerprint density at radius 2 is 1.95 bits per heavy atom. The monoisotopic (exact) mass is 306 g/mol. The maximum Gasteiger partial charge on any atom is 0.191 e. The van der Waals surface area contributed by atoms with E-state index in [2.05, 4.69) is 66.9 Å². The second-order valence-electron chi connectivity index (χ2n) is 5.45. The number of hydrogen-bond donors (Lipinski definition) is 2. The fraction of sp³-hybridized carbons (Fsp3) is 0.588. The van der Waals surface area contributed by atoms with Crippen LogP contribution in [0.2, 0.25) is 0 Å². The van der Waals surface area contributed by atoms with Crippen LogP contribution in [-0.2, 0) is 11.2 Å². The molecule has 1 rings (SSSR count). The first kappa shape index (κ1) is 18.5. The fourth-order valence-corrected chi connectivity index (χ4v) is 2.11. The summed E-state index contributed by atoms with van der Waals surface area (Å²) in [4.78, 5) is 6.93. The van der Waals surface area contributed by atoms with Gasteiger partial charge in [0.1, 0.15) is 0 Å². The van der Waals surface area contributed by atoms with E-state index >= 15 is 0 Å². The molecule has 1 aromatic carbocycles. The molecule has 0 amide bonds. The van der Waals surface area contributed by atoms with Crippen molar-refractivity contribution in [1.82, 2.24) is 15.5 Å². The van der Waals surface area contributed by atoms with Gasteiger partial charge in [-0.2, -0.15) is 0 Å². The number of rotatable bonds is 9. The molecule has 0 aliphatic rings. The van der Waals surface area contributed by atoms with Gasteiger partial charge in [-0.1, -0.05) is 30.3 Å². The SMILES string of the molecule is CCNC(=NCC(Cc1ccccc1)N(C)C)NCCOC. The molecule has 5 heteroatoms. The second kappa shape index (κ2) is 11.0. The van der Waals surface area contributed by atoms with Gasteiger partial charge in [0.25, 0.3) is 0 Å². The largest absolute Gasteiger partial charge is 0.383 e. The van der Waals surface area contributed by atoms with Gasteiger partial charge in [-0.3, -0.25) is 4.99 Å². The number of guanidine groups is 1. The number of hydrogen-bond acceptors (Lipinski definition) is 3. The Balaban J connectivity index is 2.61. The molecule has 22 heavy (non-hydrogen) atoms. The third-order valence-electron chi connectivity index (χ3n) is 3.45. The van der Waals surface area contributed by atoms with Crippen LogP contribution in [0.25, 0.3) is 0 Å². The van der Waals surface area contributed by atoms with Gasteiger partial charge in [-0.25, -0.2) is 0 Å². The van der Waals surface area contributed by atoms with Crippen LogP contribution in [0.15, 0.2) is 35.3 Å². The highest BCUT2D eigenvalue weighted by Crippen LogP contribution is 2.07. The molecule has 0 saturated carbocycles. The summed E-state index contributed by atoms with van der Waals surface area (Å²) in [5.41, 5.74) is 1.34. The van der Waals surface area contributed by atoms with Gasteiger partial charge in [0, 0.05) is 26.2 Å². The normalized spacial score (nSPS) is 13.2. The topological polar surface area (TPSA) is 48.9 Å². The zero-order valence-electron chi connectivity index (χ0n) is 14.3. The first-order valence-corrected chi connectivity index (χ1v) is 7.88. The average Bonchev–Trinajstić information content (AvgIpc) is 2.52. The van der Waals surface area contributed by atoms with Crippen molar-refractivity contribution < 1.29 is 4.74 Å². The maximum atomic E-state index is 5.06. The standard InChI is InChI=1S/C17H30N4O/c1-5-18-17(19-11-12-22-4)20-14-16(21(2)3)13-15-9-7-6-8-10-15/h6-10,16H,5,11-14H2,1-4H3,(H2,18,19,20). The minimum absolute atomic E-state index is 0.375. The Bertz CT molecular complexity index is 420. The molecule has 5 nitrogen and oxygen atoms in total. The van der Waals surface area contributed by atoms with Crippen molar-refractivity contribution in [2.45, 2.75) is 19.4 Å². The van der Waals surface area contributed by atoms with E-state index in [-0.39, 0.29) is 0 Å². The summed E-state index contributed by atoms with van der Waals surface area (Å²) in [6, 6.07) is 10.9. The minimum Gasteiger partial charge on any atom is -0.383 e. The lowest BCUT2D eigenvalue weighted by Crippen LogP contribution is -2.40. The van der Waals surface area contributed by atoms with Crippen LogP contribution in [0.4, 0.5) is 0 Å². The summed E-state index contributed by atoms with van der Waals surface area (Å²) in [6.07, 6.45) is 0.995. The molecule has 0 radical (unpaired) electrons. The molecule has 0 aromatic heterocycles. The summed E-state index contributed by atoms with van der Waals surface area (Å²) >= 11 is 0. The highest BCUT2D eigenvalue weighted by atomic mass is 16.5. The highest BCUT2D eigenvalue weighted by molar-refractivity contribution is 5.79. The minimum atomic E-state index is 0.375. The summed E-state index contributed by atoms with van der Waals surface area (Å²) in [6.45, 7) is 5.11. The predicted octanol–water partition coefficient (Wildman–Crippen LogP) is 1.36. The van der Waals surface area contributed by atoms with E-state index < -0.39 is 0 Å². The van der Waals surface area contributed by atoms with Gasteiger partial charge in [-0.15, -0.1) is 0 Å². The Labute approximate surface area is 134 Å². The van der Waals surface area contributed by atoms with Crippen molar-refractivity contribution in [2.24, 2.45) is 4.99 Å². The number of nitrogens with zero attached hydrogens (tertiary/aromatic N) is 2. The van der Waals surface area contributed by atoms with Gasteiger partial charge >= 0.3 is 0 Å². The van der Waals surface area contributed by atoms with E-state index in [1.807, 2.05) is 0 Å². The van der Waals surface area contributed by atoms with Crippen LogP contribution in [0, 0.1) is 0 Å². The second-order valence-corrected chi connectivity index (χ2v) is 5.45. The maximum absolute atomic E-state index is 5.06. The molecule has 2 N–H and O–H groups in total. The number of aliphatic imine (C=N–C) groups is 1. The summed E-state index contributed by atoms with van der Waals surface area (Å²) < 4.78 is 5.06. The first-order valence-electron chi connectivity index (χ1n) is 7.88. The quantitative estimate of drug-likeness (QED) is 0.411. The van der Waals surface area contributed by atoms with E-state index in [0.717, 1.165) is 32.0 Å².